The molecule has 2 aromatic rings. The van der Waals surface area contributed by atoms with Crippen LogP contribution in [-0.2, 0) is 0 Å². The summed E-state index contributed by atoms with van der Waals surface area (Å²) in [6, 6.07) is 7.45. The molecule has 2 rings (SSSR count). The maximum atomic E-state index is 12.0. The van der Waals surface area contributed by atoms with Gasteiger partial charge in [-0.1, -0.05) is 12.1 Å². The Morgan fingerprint density at radius 3 is 2.59 bits per heavy atom. The number of carbonyl (C=O) groups excluding carboxylic acids is 1. The van der Waals surface area contributed by atoms with Crippen LogP contribution in [0.5, 0.6) is 0 Å². The van der Waals surface area contributed by atoms with E-state index in [0.29, 0.717) is 0 Å². The van der Waals surface area contributed by atoms with E-state index in [2.05, 4.69) is 10.6 Å². The maximum Gasteiger partial charge on any atom is 0.319 e. The Bertz CT molecular complexity index is 712. The van der Waals surface area contributed by atoms with E-state index in [1.54, 1.807) is 23.5 Å². The van der Waals surface area contributed by atoms with Gasteiger partial charge in [-0.15, -0.1) is 11.3 Å². The standard InChI is InChI=1S/C15H17N3O3S/c1-9-8-12(11(3)22-9)10(2)16-15(19)17-13-6-4-5-7-14(13)18(20)21/h4-8,10H,1-3H3,(H2,16,17,19)/t10-/m1/s1. The lowest BCUT2D eigenvalue weighted by atomic mass is 10.1. The zero-order chi connectivity index (χ0) is 16.3. The van der Waals surface area contributed by atoms with Gasteiger partial charge < -0.3 is 10.6 Å². The highest BCUT2D eigenvalue weighted by Gasteiger charge is 2.17. The van der Waals surface area contributed by atoms with Crippen LogP contribution in [0.3, 0.4) is 0 Å². The maximum absolute atomic E-state index is 12.0. The summed E-state index contributed by atoms with van der Waals surface area (Å²) in [4.78, 5) is 24.8. The quantitative estimate of drug-likeness (QED) is 0.655. The fourth-order valence-corrected chi connectivity index (χ4v) is 3.27. The molecule has 0 spiro atoms. The second-order valence-corrected chi connectivity index (χ2v) is 6.42. The van der Waals surface area contributed by atoms with Crippen LogP contribution in [0.2, 0.25) is 0 Å². The number of thiophene rings is 1. The summed E-state index contributed by atoms with van der Waals surface area (Å²) in [6.07, 6.45) is 0. The summed E-state index contributed by atoms with van der Waals surface area (Å²) in [6.45, 7) is 5.90. The average molecular weight is 319 g/mol. The largest absolute Gasteiger partial charge is 0.331 e. The molecule has 2 N–H and O–H groups in total. The number of nitro groups is 1. The van der Waals surface area contributed by atoms with Gasteiger partial charge in [-0.05, 0) is 38.5 Å². The van der Waals surface area contributed by atoms with Gasteiger partial charge in [0.15, 0.2) is 0 Å². The minimum atomic E-state index is -0.522. The highest BCUT2D eigenvalue weighted by Crippen LogP contribution is 2.27. The molecule has 6 nitrogen and oxygen atoms in total. The van der Waals surface area contributed by atoms with Gasteiger partial charge in [0.2, 0.25) is 0 Å². The lowest BCUT2D eigenvalue weighted by Crippen LogP contribution is -2.31. The fraction of sp³-hybridized carbons (Fsp3) is 0.267. The Kier molecular flexibility index (Phi) is 4.77. The monoisotopic (exact) mass is 319 g/mol. The normalized spacial score (nSPS) is 11.8. The number of nitrogens with one attached hydrogen (secondary N) is 2. The van der Waals surface area contributed by atoms with Crippen molar-refractivity contribution in [3.8, 4) is 0 Å². The molecule has 0 aliphatic rings. The number of anilines is 1. The summed E-state index contributed by atoms with van der Waals surface area (Å²) < 4.78 is 0. The van der Waals surface area contributed by atoms with Crippen LogP contribution < -0.4 is 10.6 Å². The van der Waals surface area contributed by atoms with Gasteiger partial charge in [0.05, 0.1) is 11.0 Å². The number of urea groups is 1. The molecular weight excluding hydrogens is 302 g/mol. The Hall–Kier alpha value is -2.41. The highest BCUT2D eigenvalue weighted by molar-refractivity contribution is 7.12. The molecule has 2 amide bonds. The summed E-state index contributed by atoms with van der Waals surface area (Å²) in [5.41, 5.74) is 1.10. The highest BCUT2D eigenvalue weighted by atomic mass is 32.1. The van der Waals surface area contributed by atoms with E-state index in [0.717, 1.165) is 10.4 Å². The molecule has 7 heteroatoms. The summed E-state index contributed by atoms with van der Waals surface area (Å²) in [5.74, 6) is 0. The topological polar surface area (TPSA) is 84.3 Å². The average Bonchev–Trinajstić information content (AvgIpc) is 2.78. The van der Waals surface area contributed by atoms with Gasteiger partial charge in [-0.2, -0.15) is 0 Å². The Labute approximate surface area is 132 Å². The third-order valence-electron chi connectivity index (χ3n) is 3.24. The number of nitrogens with zero attached hydrogens (tertiary/aromatic N) is 1. The van der Waals surface area contributed by atoms with Crippen molar-refractivity contribution in [3.05, 3.63) is 55.8 Å². The molecule has 0 fully saturated rings. The van der Waals surface area contributed by atoms with Crippen molar-refractivity contribution in [2.75, 3.05) is 5.32 Å². The number of para-hydroxylation sites is 2. The molecule has 0 bridgehead atoms. The first-order valence-electron chi connectivity index (χ1n) is 6.76. The SMILES string of the molecule is Cc1cc([C@@H](C)NC(=O)Nc2ccccc2[N+](=O)[O-])c(C)s1. The van der Waals surface area contributed by atoms with Crippen molar-refractivity contribution in [3.63, 3.8) is 0 Å². The zero-order valence-electron chi connectivity index (χ0n) is 12.5. The summed E-state index contributed by atoms with van der Waals surface area (Å²) in [5, 5.41) is 16.3. The van der Waals surface area contributed by atoms with E-state index in [4.69, 9.17) is 0 Å². The van der Waals surface area contributed by atoms with E-state index in [-0.39, 0.29) is 17.4 Å². The first kappa shape index (κ1) is 16.0. The van der Waals surface area contributed by atoms with Crippen LogP contribution in [-0.4, -0.2) is 11.0 Å². The number of carbonyl (C=O) groups is 1. The number of amides is 2. The predicted molar refractivity (Wildman–Crippen MR) is 87.5 cm³/mol. The number of hydrogen-bond acceptors (Lipinski definition) is 4. The molecule has 1 aromatic carbocycles. The molecule has 1 heterocycles. The van der Waals surface area contributed by atoms with Gasteiger partial charge in [-0.25, -0.2) is 4.79 Å². The van der Waals surface area contributed by atoms with E-state index >= 15 is 0 Å². The van der Waals surface area contributed by atoms with Crippen LogP contribution in [0.4, 0.5) is 16.2 Å². The molecule has 22 heavy (non-hydrogen) atoms. The Balaban J connectivity index is 2.07. The molecule has 0 aliphatic carbocycles. The number of rotatable bonds is 4. The number of aryl methyl sites for hydroxylation is 2. The van der Waals surface area contributed by atoms with Crippen molar-refractivity contribution in [2.45, 2.75) is 26.8 Å². The van der Waals surface area contributed by atoms with Gasteiger partial charge >= 0.3 is 6.03 Å². The second kappa shape index (κ2) is 6.57. The molecule has 1 atom stereocenters. The predicted octanol–water partition coefficient (Wildman–Crippen LogP) is 4.16. The van der Waals surface area contributed by atoms with Crippen molar-refractivity contribution in [1.29, 1.82) is 0 Å². The van der Waals surface area contributed by atoms with E-state index in [1.807, 2.05) is 26.8 Å². The van der Waals surface area contributed by atoms with E-state index in [1.165, 1.54) is 17.0 Å². The Morgan fingerprint density at radius 1 is 1.32 bits per heavy atom. The first-order valence-corrected chi connectivity index (χ1v) is 7.58. The summed E-state index contributed by atoms with van der Waals surface area (Å²) in [7, 11) is 0. The van der Waals surface area contributed by atoms with Crippen LogP contribution >= 0.6 is 11.3 Å². The van der Waals surface area contributed by atoms with Crippen molar-refractivity contribution in [2.24, 2.45) is 0 Å². The third-order valence-corrected chi connectivity index (χ3v) is 4.22. The zero-order valence-corrected chi connectivity index (χ0v) is 13.4. The molecule has 0 unspecified atom stereocenters. The summed E-state index contributed by atoms with van der Waals surface area (Å²) >= 11 is 1.67. The Morgan fingerprint density at radius 2 is 2.00 bits per heavy atom. The number of hydrogen-bond donors (Lipinski definition) is 2. The molecule has 0 saturated carbocycles. The lowest BCUT2D eigenvalue weighted by molar-refractivity contribution is -0.383. The van der Waals surface area contributed by atoms with Crippen LogP contribution in [0.1, 0.15) is 28.3 Å². The van der Waals surface area contributed by atoms with E-state index < -0.39 is 11.0 Å². The number of nitro benzene ring substituents is 1. The fourth-order valence-electron chi connectivity index (χ4n) is 2.25. The number of benzene rings is 1. The van der Waals surface area contributed by atoms with Gasteiger partial charge in [0.25, 0.3) is 5.69 Å². The molecule has 0 radical (unpaired) electrons. The molecule has 116 valence electrons. The third kappa shape index (κ3) is 3.62. The van der Waals surface area contributed by atoms with Crippen LogP contribution in [0.25, 0.3) is 0 Å². The first-order chi connectivity index (χ1) is 10.4. The van der Waals surface area contributed by atoms with Crippen molar-refractivity contribution < 1.29 is 9.72 Å². The van der Waals surface area contributed by atoms with E-state index in [9.17, 15) is 14.9 Å². The molecular formula is C15H17N3O3S. The smallest absolute Gasteiger partial charge is 0.319 e. The lowest BCUT2D eigenvalue weighted by Gasteiger charge is -2.14. The minimum Gasteiger partial charge on any atom is -0.331 e. The van der Waals surface area contributed by atoms with Crippen LogP contribution in [0, 0.1) is 24.0 Å². The van der Waals surface area contributed by atoms with Gasteiger partial charge in [0.1, 0.15) is 5.69 Å². The minimum absolute atomic E-state index is 0.132. The van der Waals surface area contributed by atoms with Gasteiger partial charge in [-0.3, -0.25) is 10.1 Å². The van der Waals surface area contributed by atoms with Crippen molar-refractivity contribution >= 4 is 28.7 Å². The van der Waals surface area contributed by atoms with Gasteiger partial charge in [0, 0.05) is 15.8 Å². The van der Waals surface area contributed by atoms with Crippen LogP contribution in [0.15, 0.2) is 30.3 Å². The second-order valence-electron chi connectivity index (χ2n) is 4.96. The molecule has 0 aliphatic heterocycles. The molecule has 1 aromatic heterocycles. The molecule has 0 saturated heterocycles. The van der Waals surface area contributed by atoms with Crippen molar-refractivity contribution in [1.82, 2.24) is 5.32 Å².